The summed E-state index contributed by atoms with van der Waals surface area (Å²) >= 11 is 0. The van der Waals surface area contributed by atoms with Crippen molar-refractivity contribution in [1.82, 2.24) is 10.6 Å². The lowest BCUT2D eigenvalue weighted by Crippen LogP contribution is -2.21. The molecule has 0 radical (unpaired) electrons. The van der Waals surface area contributed by atoms with Gasteiger partial charge in [0.2, 0.25) is 0 Å². The van der Waals surface area contributed by atoms with Crippen molar-refractivity contribution in [3.63, 3.8) is 0 Å². The van der Waals surface area contributed by atoms with Crippen molar-refractivity contribution in [1.29, 1.82) is 0 Å². The highest BCUT2D eigenvalue weighted by Crippen LogP contribution is 1.67. The summed E-state index contributed by atoms with van der Waals surface area (Å²) in [7, 11) is 1.84. The largest absolute Gasteiger partial charge is 0.375 e. The van der Waals surface area contributed by atoms with Gasteiger partial charge in [-0.1, -0.05) is 6.58 Å². The first-order valence-electron chi connectivity index (χ1n) is 2.41. The number of hydrogen-bond acceptors (Lipinski definition) is 2. The predicted octanol–water partition coefficient (Wildman–Crippen LogP) is 0.286. The smallest absolute Gasteiger partial charge is 0.0909 e. The van der Waals surface area contributed by atoms with Gasteiger partial charge in [-0.05, 0) is 6.92 Å². The Labute approximate surface area is 44.6 Å². The predicted molar refractivity (Wildman–Crippen MR) is 31.9 cm³/mol. The first kappa shape index (κ1) is 6.34. The van der Waals surface area contributed by atoms with Crippen molar-refractivity contribution in [3.8, 4) is 0 Å². The van der Waals surface area contributed by atoms with Gasteiger partial charge in [0.05, 0.1) is 5.82 Å². The Morgan fingerprint density at radius 1 is 1.71 bits per heavy atom. The highest BCUT2D eigenvalue weighted by atomic mass is 15.1. The van der Waals surface area contributed by atoms with E-state index >= 15 is 0 Å². The highest BCUT2D eigenvalue weighted by molar-refractivity contribution is 4.84. The van der Waals surface area contributed by atoms with Gasteiger partial charge < -0.3 is 10.6 Å². The van der Waals surface area contributed by atoms with Gasteiger partial charge in [0.15, 0.2) is 0 Å². The van der Waals surface area contributed by atoms with Crippen LogP contribution in [0.4, 0.5) is 0 Å². The first-order valence-corrected chi connectivity index (χ1v) is 2.41. The van der Waals surface area contributed by atoms with Crippen molar-refractivity contribution in [2.45, 2.75) is 6.92 Å². The van der Waals surface area contributed by atoms with Gasteiger partial charge in [0.25, 0.3) is 0 Å². The van der Waals surface area contributed by atoms with Gasteiger partial charge in [-0.3, -0.25) is 0 Å². The summed E-state index contributed by atoms with van der Waals surface area (Å²) < 4.78 is 0. The molecule has 0 aromatic heterocycles. The topological polar surface area (TPSA) is 24.1 Å². The zero-order valence-corrected chi connectivity index (χ0v) is 4.91. The van der Waals surface area contributed by atoms with E-state index in [-0.39, 0.29) is 0 Å². The molecule has 0 aliphatic rings. The molecular formula is C5H12N2. The van der Waals surface area contributed by atoms with Crippen molar-refractivity contribution < 1.29 is 0 Å². The van der Waals surface area contributed by atoms with Gasteiger partial charge in [-0.25, -0.2) is 0 Å². The fourth-order valence-corrected chi connectivity index (χ4v) is 0.302. The molecule has 2 heteroatoms. The molecule has 0 fully saturated rings. The van der Waals surface area contributed by atoms with E-state index < -0.39 is 0 Å². The molecule has 2 nitrogen and oxygen atoms in total. The Kier molecular flexibility index (Phi) is 3.19. The second kappa shape index (κ2) is 3.53. The van der Waals surface area contributed by atoms with E-state index in [1.165, 1.54) is 0 Å². The summed E-state index contributed by atoms with van der Waals surface area (Å²) in [4.78, 5) is 0. The summed E-state index contributed by atoms with van der Waals surface area (Å²) in [6.07, 6.45) is 0. The van der Waals surface area contributed by atoms with E-state index in [1.807, 2.05) is 14.0 Å². The van der Waals surface area contributed by atoms with Gasteiger partial charge in [0.1, 0.15) is 0 Å². The lowest BCUT2D eigenvalue weighted by atomic mass is 10.7. The molecule has 0 aliphatic heterocycles. The fraction of sp³-hybridized carbons (Fsp3) is 0.600. The maximum absolute atomic E-state index is 3.64. The summed E-state index contributed by atoms with van der Waals surface area (Å²) in [5.74, 6) is 0.877. The van der Waals surface area contributed by atoms with E-state index in [2.05, 4.69) is 17.2 Å². The molecular weight excluding hydrogens is 88.1 g/mol. The third-order valence-corrected chi connectivity index (χ3v) is 0.692. The monoisotopic (exact) mass is 100 g/mol. The van der Waals surface area contributed by atoms with Crippen LogP contribution in [0, 0.1) is 0 Å². The van der Waals surface area contributed by atoms with Crippen molar-refractivity contribution in [2.24, 2.45) is 0 Å². The zero-order chi connectivity index (χ0) is 5.70. The molecule has 0 aromatic rings. The quantitative estimate of drug-likeness (QED) is 0.532. The van der Waals surface area contributed by atoms with Crippen LogP contribution in [0.3, 0.4) is 0 Å². The fourth-order valence-electron chi connectivity index (χ4n) is 0.302. The Morgan fingerprint density at radius 3 is 2.43 bits per heavy atom. The summed E-state index contributed by atoms with van der Waals surface area (Å²) in [6, 6.07) is 0. The molecule has 0 saturated carbocycles. The van der Waals surface area contributed by atoms with Crippen LogP contribution in [0.25, 0.3) is 0 Å². The maximum Gasteiger partial charge on any atom is 0.0909 e. The Bertz CT molecular complexity index is 59.1. The molecule has 0 saturated heterocycles. The molecule has 0 unspecified atom stereocenters. The Hall–Kier alpha value is -0.660. The van der Waals surface area contributed by atoms with Crippen molar-refractivity contribution in [2.75, 3.05) is 13.6 Å². The van der Waals surface area contributed by atoms with Crippen LogP contribution in [0.2, 0.25) is 0 Å². The SMILES string of the molecule is C=C(NC)NCC. The zero-order valence-electron chi connectivity index (χ0n) is 4.91. The molecule has 0 rings (SSSR count). The summed E-state index contributed by atoms with van der Waals surface area (Å²) in [6.45, 7) is 6.60. The molecule has 0 atom stereocenters. The molecule has 0 heterocycles. The second-order valence-corrected chi connectivity index (χ2v) is 1.26. The standard InChI is InChI=1S/C5H12N2/c1-4-7-5(2)6-3/h6-7H,2,4H2,1,3H3. The van der Waals surface area contributed by atoms with Crippen molar-refractivity contribution in [3.05, 3.63) is 12.4 Å². The highest BCUT2D eigenvalue weighted by Gasteiger charge is 1.77. The van der Waals surface area contributed by atoms with E-state index in [0.29, 0.717) is 0 Å². The number of hydrogen-bond donors (Lipinski definition) is 2. The van der Waals surface area contributed by atoms with E-state index in [0.717, 1.165) is 12.4 Å². The maximum atomic E-state index is 3.64. The Morgan fingerprint density at radius 2 is 2.29 bits per heavy atom. The lowest BCUT2D eigenvalue weighted by Gasteiger charge is -2.02. The molecule has 7 heavy (non-hydrogen) atoms. The molecule has 0 aromatic carbocycles. The molecule has 2 N–H and O–H groups in total. The third-order valence-electron chi connectivity index (χ3n) is 0.692. The van der Waals surface area contributed by atoms with Crippen LogP contribution < -0.4 is 10.6 Å². The first-order chi connectivity index (χ1) is 3.31. The molecule has 42 valence electrons. The lowest BCUT2D eigenvalue weighted by molar-refractivity contribution is 0.771. The minimum atomic E-state index is 0.877. The average Bonchev–Trinajstić information content (AvgIpc) is 1.68. The van der Waals surface area contributed by atoms with E-state index in [1.54, 1.807) is 0 Å². The van der Waals surface area contributed by atoms with Crippen LogP contribution in [0.5, 0.6) is 0 Å². The van der Waals surface area contributed by atoms with E-state index in [4.69, 9.17) is 0 Å². The number of rotatable bonds is 3. The third kappa shape index (κ3) is 3.16. The molecule has 0 aliphatic carbocycles. The summed E-state index contributed by atoms with van der Waals surface area (Å²) in [5, 5.41) is 5.85. The number of nitrogens with one attached hydrogen (secondary N) is 2. The van der Waals surface area contributed by atoms with Gasteiger partial charge in [0, 0.05) is 13.6 Å². The van der Waals surface area contributed by atoms with E-state index in [9.17, 15) is 0 Å². The minimum Gasteiger partial charge on any atom is -0.375 e. The van der Waals surface area contributed by atoms with Crippen LogP contribution in [-0.2, 0) is 0 Å². The normalized spacial score (nSPS) is 7.71. The Balaban J connectivity index is 3.00. The van der Waals surface area contributed by atoms with Gasteiger partial charge >= 0.3 is 0 Å². The van der Waals surface area contributed by atoms with Crippen LogP contribution in [0.15, 0.2) is 12.4 Å². The second-order valence-electron chi connectivity index (χ2n) is 1.26. The van der Waals surface area contributed by atoms with Crippen molar-refractivity contribution >= 4 is 0 Å². The molecule has 0 spiro atoms. The minimum absolute atomic E-state index is 0.877. The summed E-state index contributed by atoms with van der Waals surface area (Å²) in [5.41, 5.74) is 0. The van der Waals surface area contributed by atoms with Gasteiger partial charge in [-0.15, -0.1) is 0 Å². The van der Waals surface area contributed by atoms with Crippen LogP contribution in [-0.4, -0.2) is 13.6 Å². The van der Waals surface area contributed by atoms with Crippen LogP contribution in [0.1, 0.15) is 6.92 Å². The molecule has 0 bridgehead atoms. The average molecular weight is 100 g/mol. The van der Waals surface area contributed by atoms with Crippen LogP contribution >= 0.6 is 0 Å². The molecule has 0 amide bonds. The van der Waals surface area contributed by atoms with Gasteiger partial charge in [-0.2, -0.15) is 0 Å².